The Bertz CT molecular complexity index is 118. The summed E-state index contributed by atoms with van der Waals surface area (Å²) in [5.74, 6) is 0.917. The second kappa shape index (κ2) is 2.71. The highest BCUT2D eigenvalue weighted by molar-refractivity contribution is 5.85. The van der Waals surface area contributed by atoms with Gasteiger partial charge in [0, 0.05) is 0 Å². The maximum atomic E-state index is 5.59. The van der Waals surface area contributed by atoms with E-state index in [2.05, 4.69) is 0 Å². The lowest BCUT2D eigenvalue weighted by atomic mass is 10.0. The topological polar surface area (TPSA) is 26.0 Å². The van der Waals surface area contributed by atoms with Gasteiger partial charge in [-0.3, -0.25) is 0 Å². The molecular formula is C8H16ClN. The first-order chi connectivity index (χ1) is 4.37. The average molecular weight is 162 g/mol. The lowest BCUT2D eigenvalue weighted by molar-refractivity contribution is 0.474. The Morgan fingerprint density at radius 2 is 1.90 bits per heavy atom. The summed E-state index contributed by atoms with van der Waals surface area (Å²) < 4.78 is 0. The van der Waals surface area contributed by atoms with E-state index in [4.69, 9.17) is 5.73 Å². The Morgan fingerprint density at radius 1 is 1.30 bits per heavy atom. The summed E-state index contributed by atoms with van der Waals surface area (Å²) in [6.07, 6.45) is 7.35. The second-order valence-electron chi connectivity index (χ2n) is 3.71. The van der Waals surface area contributed by atoms with Crippen LogP contribution in [0.2, 0.25) is 0 Å². The van der Waals surface area contributed by atoms with Crippen molar-refractivity contribution in [2.75, 3.05) is 6.54 Å². The molecule has 0 saturated heterocycles. The van der Waals surface area contributed by atoms with Gasteiger partial charge in [-0.05, 0) is 37.1 Å². The molecule has 0 aliphatic heterocycles. The molecule has 1 nitrogen and oxygen atoms in total. The van der Waals surface area contributed by atoms with Crippen LogP contribution < -0.4 is 5.73 Å². The van der Waals surface area contributed by atoms with Crippen LogP contribution >= 0.6 is 12.4 Å². The van der Waals surface area contributed by atoms with Crippen molar-refractivity contribution in [1.82, 2.24) is 0 Å². The zero-order chi connectivity index (χ0) is 6.32. The van der Waals surface area contributed by atoms with Gasteiger partial charge in [-0.15, -0.1) is 12.4 Å². The predicted molar refractivity (Wildman–Crippen MR) is 45.3 cm³/mol. The van der Waals surface area contributed by atoms with Gasteiger partial charge >= 0.3 is 0 Å². The van der Waals surface area contributed by atoms with Gasteiger partial charge in [0.2, 0.25) is 0 Å². The Hall–Kier alpha value is 0.250. The number of hydrogen-bond donors (Lipinski definition) is 1. The zero-order valence-corrected chi connectivity index (χ0v) is 7.12. The van der Waals surface area contributed by atoms with E-state index in [-0.39, 0.29) is 12.4 Å². The normalized spacial score (nSPS) is 33.9. The van der Waals surface area contributed by atoms with E-state index in [1.807, 2.05) is 0 Å². The standard InChI is InChI=1S/C8H15N.ClH/c9-6-7-5-8(7)3-1-2-4-8;/h7H,1-6,9H2;1H. The summed E-state index contributed by atoms with van der Waals surface area (Å²) in [5, 5.41) is 0. The third kappa shape index (κ3) is 1.06. The highest BCUT2D eigenvalue weighted by Gasteiger charge is 2.53. The fraction of sp³-hybridized carbons (Fsp3) is 1.00. The Labute approximate surface area is 68.8 Å². The van der Waals surface area contributed by atoms with Gasteiger partial charge in [0.25, 0.3) is 0 Å². The summed E-state index contributed by atoms with van der Waals surface area (Å²) in [5.41, 5.74) is 6.37. The maximum absolute atomic E-state index is 5.59. The minimum atomic E-state index is 0. The predicted octanol–water partition coefficient (Wildman–Crippen LogP) is 1.95. The van der Waals surface area contributed by atoms with E-state index in [1.165, 1.54) is 32.1 Å². The molecule has 0 amide bonds. The van der Waals surface area contributed by atoms with E-state index in [0.717, 1.165) is 17.9 Å². The number of rotatable bonds is 1. The molecule has 0 aromatic rings. The Balaban J connectivity index is 0.000000500. The molecule has 0 bridgehead atoms. The number of nitrogens with two attached hydrogens (primary N) is 1. The first-order valence-corrected chi connectivity index (χ1v) is 4.07. The molecular weight excluding hydrogens is 146 g/mol. The largest absolute Gasteiger partial charge is 0.330 e. The molecule has 2 fully saturated rings. The minimum Gasteiger partial charge on any atom is -0.330 e. The molecule has 0 aromatic carbocycles. The van der Waals surface area contributed by atoms with E-state index in [0.29, 0.717) is 0 Å². The third-order valence-electron chi connectivity index (χ3n) is 3.24. The van der Waals surface area contributed by atoms with Crippen LogP contribution in [0.15, 0.2) is 0 Å². The Kier molecular flexibility index (Phi) is 2.26. The van der Waals surface area contributed by atoms with Crippen molar-refractivity contribution >= 4 is 12.4 Å². The Morgan fingerprint density at radius 3 is 2.30 bits per heavy atom. The average Bonchev–Trinajstić information content (AvgIpc) is 2.30. The molecule has 0 heterocycles. The van der Waals surface area contributed by atoms with Crippen LogP contribution in [0.3, 0.4) is 0 Å². The van der Waals surface area contributed by atoms with Crippen molar-refractivity contribution in [2.45, 2.75) is 32.1 Å². The molecule has 2 rings (SSSR count). The quantitative estimate of drug-likeness (QED) is 0.625. The molecule has 2 aliphatic rings. The van der Waals surface area contributed by atoms with Crippen molar-refractivity contribution in [3.05, 3.63) is 0 Å². The van der Waals surface area contributed by atoms with Crippen molar-refractivity contribution in [3.8, 4) is 0 Å². The molecule has 0 radical (unpaired) electrons. The molecule has 1 atom stereocenters. The lowest BCUT2D eigenvalue weighted by Crippen LogP contribution is -2.07. The van der Waals surface area contributed by atoms with Crippen LogP contribution in [0.5, 0.6) is 0 Å². The van der Waals surface area contributed by atoms with Crippen molar-refractivity contribution < 1.29 is 0 Å². The van der Waals surface area contributed by atoms with Gasteiger partial charge in [-0.25, -0.2) is 0 Å². The van der Waals surface area contributed by atoms with Crippen molar-refractivity contribution in [3.63, 3.8) is 0 Å². The summed E-state index contributed by atoms with van der Waals surface area (Å²) >= 11 is 0. The molecule has 1 spiro atoms. The first-order valence-electron chi connectivity index (χ1n) is 4.07. The molecule has 2 heteroatoms. The fourth-order valence-electron chi connectivity index (χ4n) is 2.46. The molecule has 1 unspecified atom stereocenters. The van der Waals surface area contributed by atoms with Crippen LogP contribution in [-0.2, 0) is 0 Å². The van der Waals surface area contributed by atoms with Crippen molar-refractivity contribution in [1.29, 1.82) is 0 Å². The lowest BCUT2D eigenvalue weighted by Gasteiger charge is -2.04. The fourth-order valence-corrected chi connectivity index (χ4v) is 2.46. The molecule has 60 valence electrons. The van der Waals surface area contributed by atoms with E-state index in [9.17, 15) is 0 Å². The second-order valence-corrected chi connectivity index (χ2v) is 3.71. The molecule has 0 aromatic heterocycles. The van der Waals surface area contributed by atoms with Crippen LogP contribution in [0, 0.1) is 11.3 Å². The van der Waals surface area contributed by atoms with Crippen LogP contribution in [0.25, 0.3) is 0 Å². The molecule has 2 aliphatic carbocycles. The highest BCUT2D eigenvalue weighted by atomic mass is 35.5. The van der Waals surface area contributed by atoms with Crippen LogP contribution in [0.4, 0.5) is 0 Å². The van der Waals surface area contributed by atoms with Gasteiger partial charge in [0.1, 0.15) is 0 Å². The maximum Gasteiger partial charge on any atom is -0.00433 e. The van der Waals surface area contributed by atoms with E-state index < -0.39 is 0 Å². The van der Waals surface area contributed by atoms with Crippen molar-refractivity contribution in [2.24, 2.45) is 17.1 Å². The molecule has 10 heavy (non-hydrogen) atoms. The summed E-state index contributed by atoms with van der Waals surface area (Å²) in [6.45, 7) is 0.944. The highest BCUT2D eigenvalue weighted by Crippen LogP contribution is 2.62. The van der Waals surface area contributed by atoms with Gasteiger partial charge in [-0.1, -0.05) is 12.8 Å². The van der Waals surface area contributed by atoms with Gasteiger partial charge in [-0.2, -0.15) is 0 Å². The number of halogens is 1. The third-order valence-corrected chi connectivity index (χ3v) is 3.24. The smallest absolute Gasteiger partial charge is 0.00433 e. The first kappa shape index (κ1) is 8.35. The number of hydrogen-bond acceptors (Lipinski definition) is 1. The molecule has 2 N–H and O–H groups in total. The van der Waals surface area contributed by atoms with Crippen LogP contribution in [-0.4, -0.2) is 6.54 Å². The monoisotopic (exact) mass is 161 g/mol. The van der Waals surface area contributed by atoms with Gasteiger partial charge < -0.3 is 5.73 Å². The van der Waals surface area contributed by atoms with E-state index >= 15 is 0 Å². The molecule has 2 saturated carbocycles. The summed E-state index contributed by atoms with van der Waals surface area (Å²) in [4.78, 5) is 0. The SMILES string of the molecule is Cl.NCC1CC12CCCC2. The van der Waals surface area contributed by atoms with E-state index in [1.54, 1.807) is 0 Å². The zero-order valence-electron chi connectivity index (χ0n) is 6.31. The van der Waals surface area contributed by atoms with Crippen LogP contribution in [0.1, 0.15) is 32.1 Å². The minimum absolute atomic E-state index is 0. The summed E-state index contributed by atoms with van der Waals surface area (Å²) in [6, 6.07) is 0. The van der Waals surface area contributed by atoms with Gasteiger partial charge in [0.15, 0.2) is 0 Å². The van der Waals surface area contributed by atoms with Gasteiger partial charge in [0.05, 0.1) is 0 Å². The summed E-state index contributed by atoms with van der Waals surface area (Å²) in [7, 11) is 0.